The third kappa shape index (κ3) is 1.68. The maximum atomic E-state index is 4.33. The molecule has 0 spiro atoms. The molecule has 64 valence electrons. The van der Waals surface area contributed by atoms with Crippen LogP contribution in [0.3, 0.4) is 0 Å². The molecule has 0 N–H and O–H groups in total. The molecule has 1 aromatic carbocycles. The molecule has 0 amide bonds. The van der Waals surface area contributed by atoms with E-state index in [0.717, 1.165) is 15.9 Å². The van der Waals surface area contributed by atoms with Gasteiger partial charge in [0.05, 0.1) is 5.69 Å². The molecule has 0 unspecified atom stereocenters. The topological polar surface area (TPSA) is 12.9 Å². The lowest BCUT2D eigenvalue weighted by Gasteiger charge is -2.03. The highest BCUT2D eigenvalue weighted by Crippen LogP contribution is 2.11. The Balaban J connectivity index is 2.54. The molecule has 2 rings (SSSR count). The summed E-state index contributed by atoms with van der Waals surface area (Å²) in [6, 6.07) is 14.5. The van der Waals surface area contributed by atoms with Gasteiger partial charge in [0.2, 0.25) is 0 Å². The number of pyridine rings is 1. The summed E-state index contributed by atoms with van der Waals surface area (Å²) >= 11 is 0. The Morgan fingerprint density at radius 1 is 0.923 bits per heavy atom. The number of benzene rings is 1. The zero-order valence-electron chi connectivity index (χ0n) is 7.57. The van der Waals surface area contributed by atoms with Gasteiger partial charge in [-0.2, -0.15) is 0 Å². The standard InChI is InChI=1S/C11H11NSi/c13-11-7-2-1-5-9(11)10-6-3-4-8-12-10/h1-8H,13H3. The average molecular weight is 185 g/mol. The second kappa shape index (κ2) is 3.54. The van der Waals surface area contributed by atoms with Crippen LogP contribution in [0.15, 0.2) is 48.7 Å². The SMILES string of the molecule is [SiH3]c1ccccc1-c1ccccn1. The molecule has 0 aliphatic rings. The Kier molecular flexibility index (Phi) is 2.23. The predicted octanol–water partition coefficient (Wildman–Crippen LogP) is 0.739. The van der Waals surface area contributed by atoms with Gasteiger partial charge in [-0.3, -0.25) is 4.98 Å². The van der Waals surface area contributed by atoms with Crippen LogP contribution in [-0.2, 0) is 0 Å². The summed E-state index contributed by atoms with van der Waals surface area (Å²) in [7, 11) is 1.07. The van der Waals surface area contributed by atoms with Crippen molar-refractivity contribution in [1.29, 1.82) is 0 Å². The number of rotatable bonds is 1. The number of aromatic nitrogens is 1. The molecule has 0 saturated heterocycles. The number of hydrogen-bond donors (Lipinski definition) is 0. The van der Waals surface area contributed by atoms with Gasteiger partial charge in [0.25, 0.3) is 0 Å². The third-order valence-electron chi connectivity index (χ3n) is 2.09. The van der Waals surface area contributed by atoms with E-state index in [9.17, 15) is 0 Å². The Labute approximate surface area is 80.9 Å². The van der Waals surface area contributed by atoms with Crippen molar-refractivity contribution in [3.8, 4) is 11.3 Å². The summed E-state index contributed by atoms with van der Waals surface area (Å²) in [5.74, 6) is 0. The second-order valence-electron chi connectivity index (χ2n) is 3.03. The van der Waals surface area contributed by atoms with Crippen LogP contribution < -0.4 is 5.19 Å². The van der Waals surface area contributed by atoms with Crippen LogP contribution in [0.1, 0.15) is 0 Å². The van der Waals surface area contributed by atoms with Crippen LogP contribution >= 0.6 is 0 Å². The van der Waals surface area contributed by atoms with Crippen molar-refractivity contribution in [2.24, 2.45) is 0 Å². The van der Waals surface area contributed by atoms with E-state index >= 15 is 0 Å². The van der Waals surface area contributed by atoms with Gasteiger partial charge in [-0.05, 0) is 17.7 Å². The molecule has 0 fully saturated rings. The summed E-state index contributed by atoms with van der Waals surface area (Å²) in [5.41, 5.74) is 2.35. The van der Waals surface area contributed by atoms with Crippen LogP contribution in [0.25, 0.3) is 11.3 Å². The van der Waals surface area contributed by atoms with Crippen molar-refractivity contribution in [3.63, 3.8) is 0 Å². The molecule has 1 aromatic heterocycles. The third-order valence-corrected chi connectivity index (χ3v) is 2.96. The monoisotopic (exact) mass is 185 g/mol. The highest BCUT2D eigenvalue weighted by atomic mass is 28.1. The molecule has 1 nitrogen and oxygen atoms in total. The van der Waals surface area contributed by atoms with Gasteiger partial charge in [-0.15, -0.1) is 0 Å². The lowest BCUT2D eigenvalue weighted by molar-refractivity contribution is 1.33. The summed E-state index contributed by atoms with van der Waals surface area (Å²) in [6.45, 7) is 0. The predicted molar refractivity (Wildman–Crippen MR) is 59.2 cm³/mol. The largest absolute Gasteiger partial charge is 0.256 e. The van der Waals surface area contributed by atoms with E-state index in [1.807, 2.05) is 18.3 Å². The average Bonchev–Trinajstić information content (AvgIpc) is 2.20. The van der Waals surface area contributed by atoms with E-state index in [2.05, 4.69) is 35.3 Å². The van der Waals surface area contributed by atoms with Crippen LogP contribution in [0.4, 0.5) is 0 Å². The maximum absolute atomic E-state index is 4.33. The summed E-state index contributed by atoms with van der Waals surface area (Å²) < 4.78 is 0. The van der Waals surface area contributed by atoms with E-state index in [-0.39, 0.29) is 0 Å². The number of nitrogens with zero attached hydrogens (tertiary/aromatic N) is 1. The Morgan fingerprint density at radius 3 is 2.38 bits per heavy atom. The first-order valence-electron chi connectivity index (χ1n) is 4.35. The summed E-state index contributed by atoms with van der Waals surface area (Å²) in [4.78, 5) is 4.33. The van der Waals surface area contributed by atoms with Crippen LogP contribution in [-0.4, -0.2) is 15.2 Å². The molecule has 0 bridgehead atoms. The molecule has 0 aliphatic carbocycles. The molecule has 0 radical (unpaired) electrons. The fraction of sp³-hybridized carbons (Fsp3) is 0. The van der Waals surface area contributed by atoms with E-state index < -0.39 is 0 Å². The van der Waals surface area contributed by atoms with Gasteiger partial charge in [-0.1, -0.05) is 35.5 Å². The minimum atomic E-state index is 1.07. The molecule has 0 saturated carbocycles. The number of hydrogen-bond acceptors (Lipinski definition) is 1. The fourth-order valence-electron chi connectivity index (χ4n) is 1.38. The molecule has 13 heavy (non-hydrogen) atoms. The van der Waals surface area contributed by atoms with Gasteiger partial charge < -0.3 is 0 Å². The molecule has 0 atom stereocenters. The first kappa shape index (κ1) is 8.20. The van der Waals surface area contributed by atoms with Crippen molar-refractivity contribution in [3.05, 3.63) is 48.7 Å². The zero-order chi connectivity index (χ0) is 9.10. The van der Waals surface area contributed by atoms with Crippen LogP contribution in [0.2, 0.25) is 0 Å². The van der Waals surface area contributed by atoms with Gasteiger partial charge in [0.15, 0.2) is 0 Å². The van der Waals surface area contributed by atoms with Gasteiger partial charge in [0.1, 0.15) is 0 Å². The Bertz CT molecular complexity index is 398. The highest BCUT2D eigenvalue weighted by molar-refractivity contribution is 6.35. The highest BCUT2D eigenvalue weighted by Gasteiger charge is 1.99. The Morgan fingerprint density at radius 2 is 1.69 bits per heavy atom. The normalized spacial score (nSPS) is 10.2. The lowest BCUT2D eigenvalue weighted by atomic mass is 10.1. The smallest absolute Gasteiger partial charge is 0.0700 e. The minimum Gasteiger partial charge on any atom is -0.256 e. The van der Waals surface area contributed by atoms with E-state index in [4.69, 9.17) is 0 Å². The summed E-state index contributed by atoms with van der Waals surface area (Å²) in [6.07, 6.45) is 1.84. The van der Waals surface area contributed by atoms with Crippen LogP contribution in [0, 0.1) is 0 Å². The first-order chi connectivity index (χ1) is 6.38. The van der Waals surface area contributed by atoms with Crippen molar-refractivity contribution < 1.29 is 0 Å². The van der Waals surface area contributed by atoms with Crippen molar-refractivity contribution in [2.75, 3.05) is 0 Å². The van der Waals surface area contributed by atoms with Gasteiger partial charge in [0, 0.05) is 16.4 Å². The fourth-order valence-corrected chi connectivity index (χ4v) is 2.00. The van der Waals surface area contributed by atoms with E-state index in [0.29, 0.717) is 0 Å². The van der Waals surface area contributed by atoms with Crippen molar-refractivity contribution in [2.45, 2.75) is 0 Å². The van der Waals surface area contributed by atoms with Gasteiger partial charge >= 0.3 is 0 Å². The molecular weight excluding hydrogens is 174 g/mol. The molecule has 0 aliphatic heterocycles. The Hall–Kier alpha value is -1.41. The zero-order valence-corrected chi connectivity index (χ0v) is 9.57. The first-order valence-corrected chi connectivity index (χ1v) is 5.35. The molecule has 2 heteroatoms. The molecule has 2 aromatic rings. The molecular formula is C11H11NSi. The summed E-state index contributed by atoms with van der Waals surface area (Å²) in [5, 5.41) is 1.40. The van der Waals surface area contributed by atoms with E-state index in [1.54, 1.807) is 0 Å². The maximum Gasteiger partial charge on any atom is 0.0700 e. The van der Waals surface area contributed by atoms with Crippen LogP contribution in [0.5, 0.6) is 0 Å². The minimum absolute atomic E-state index is 1.07. The second-order valence-corrected chi connectivity index (χ2v) is 4.11. The van der Waals surface area contributed by atoms with E-state index in [1.165, 1.54) is 10.8 Å². The lowest BCUT2D eigenvalue weighted by Crippen LogP contribution is -2.05. The molecule has 1 heterocycles. The van der Waals surface area contributed by atoms with Gasteiger partial charge in [-0.25, -0.2) is 0 Å². The van der Waals surface area contributed by atoms with Crippen molar-refractivity contribution >= 4 is 15.4 Å². The quantitative estimate of drug-likeness (QED) is 0.597. The van der Waals surface area contributed by atoms with Crippen molar-refractivity contribution in [1.82, 2.24) is 4.98 Å².